The van der Waals surface area contributed by atoms with Crippen LogP contribution in [0.2, 0.25) is 0 Å². The van der Waals surface area contributed by atoms with Crippen molar-refractivity contribution in [1.82, 2.24) is 25.0 Å². The summed E-state index contributed by atoms with van der Waals surface area (Å²) in [5.74, 6) is 2.82. The third kappa shape index (κ3) is 4.25. The van der Waals surface area contributed by atoms with E-state index >= 15 is 0 Å². The minimum Gasteiger partial charge on any atom is -0.424 e. The van der Waals surface area contributed by atoms with Gasteiger partial charge in [-0.05, 0) is 49.1 Å². The van der Waals surface area contributed by atoms with Gasteiger partial charge < -0.3 is 4.42 Å². The first-order valence-electron chi connectivity index (χ1n) is 10.4. The van der Waals surface area contributed by atoms with Crippen LogP contribution in [0.4, 0.5) is 0 Å². The van der Waals surface area contributed by atoms with E-state index in [1.165, 1.54) is 21.7 Å². The van der Waals surface area contributed by atoms with E-state index in [1.807, 2.05) is 24.3 Å². The molecule has 0 aromatic carbocycles. The Balaban J connectivity index is 1.61. The summed E-state index contributed by atoms with van der Waals surface area (Å²) in [6.07, 6.45) is 5.46. The highest BCUT2D eigenvalue weighted by Gasteiger charge is 2.30. The molecule has 0 saturated heterocycles. The highest BCUT2D eigenvalue weighted by Crippen LogP contribution is 2.43. The zero-order valence-corrected chi connectivity index (χ0v) is 19.9. The summed E-state index contributed by atoms with van der Waals surface area (Å²) in [4.78, 5) is 2.69. The maximum absolute atomic E-state index is 5.58. The maximum atomic E-state index is 5.58. The number of rotatable bonds is 6. The molecule has 0 radical (unpaired) electrons. The molecule has 3 aromatic rings. The van der Waals surface area contributed by atoms with Crippen LogP contribution in [0.3, 0.4) is 0 Å². The van der Waals surface area contributed by atoms with Crippen molar-refractivity contribution in [3.8, 4) is 10.7 Å². The second-order valence-electron chi connectivity index (χ2n) is 8.99. The van der Waals surface area contributed by atoms with Crippen LogP contribution in [0.1, 0.15) is 61.6 Å². The van der Waals surface area contributed by atoms with E-state index in [-0.39, 0.29) is 5.25 Å². The van der Waals surface area contributed by atoms with Crippen molar-refractivity contribution in [2.75, 3.05) is 0 Å². The number of thiophene rings is 1. The highest BCUT2D eigenvalue weighted by molar-refractivity contribution is 7.99. The minimum absolute atomic E-state index is 0.00380. The van der Waals surface area contributed by atoms with Crippen molar-refractivity contribution >= 4 is 23.1 Å². The van der Waals surface area contributed by atoms with Gasteiger partial charge in [0.1, 0.15) is 0 Å². The van der Waals surface area contributed by atoms with E-state index in [9.17, 15) is 0 Å². The molecule has 2 unspecified atom stereocenters. The Morgan fingerprint density at radius 1 is 1.33 bits per heavy atom. The van der Waals surface area contributed by atoms with Gasteiger partial charge in [-0.25, -0.2) is 0 Å². The molecule has 160 valence electrons. The van der Waals surface area contributed by atoms with Gasteiger partial charge in [-0.15, -0.1) is 38.3 Å². The zero-order valence-electron chi connectivity index (χ0n) is 18.3. The van der Waals surface area contributed by atoms with Crippen LogP contribution in [0.15, 0.2) is 28.3 Å². The molecule has 1 aliphatic rings. The Labute approximate surface area is 186 Å². The smallest absolute Gasteiger partial charge is 0.229 e. The molecule has 0 spiro atoms. The molecule has 3 heterocycles. The Kier molecular flexibility index (Phi) is 5.90. The van der Waals surface area contributed by atoms with Crippen molar-refractivity contribution < 1.29 is 4.42 Å². The fourth-order valence-electron chi connectivity index (χ4n) is 3.91. The predicted octanol–water partition coefficient (Wildman–Crippen LogP) is 5.89. The van der Waals surface area contributed by atoms with E-state index < -0.39 is 0 Å². The standard InChI is InChI=1S/C22H29N5OS2/c1-7-10-27-19(24-26-21(27)29-13(2)20-25-23-14(3)28-20)18-12-15-11-16(22(4,5)6)8-9-17(15)30-18/h7,12-13,16H,1,8-11H2,2-6H3. The number of aryl methyl sites for hydroxylation is 2. The average molecular weight is 444 g/mol. The SMILES string of the molecule is C=CCn1c(SC(C)c2nnc(C)o2)nnc1-c1cc2c(s1)CCC(C(C)(C)C)C2. The molecule has 0 fully saturated rings. The van der Waals surface area contributed by atoms with Crippen molar-refractivity contribution in [2.24, 2.45) is 11.3 Å². The number of hydrogen-bond donors (Lipinski definition) is 0. The van der Waals surface area contributed by atoms with Gasteiger partial charge in [0, 0.05) is 18.3 Å². The number of hydrogen-bond acceptors (Lipinski definition) is 7. The fourth-order valence-corrected chi connectivity index (χ4v) is 6.00. The lowest BCUT2D eigenvalue weighted by Gasteiger charge is -2.33. The van der Waals surface area contributed by atoms with Crippen molar-refractivity contribution in [2.45, 2.75) is 70.8 Å². The topological polar surface area (TPSA) is 69.6 Å². The molecule has 0 amide bonds. The summed E-state index contributed by atoms with van der Waals surface area (Å²) in [6.45, 7) is 15.5. The second kappa shape index (κ2) is 8.30. The van der Waals surface area contributed by atoms with E-state index in [4.69, 9.17) is 4.42 Å². The molecule has 1 aliphatic carbocycles. The molecule has 0 N–H and O–H groups in total. The number of allylic oxidation sites excluding steroid dienone is 1. The van der Waals surface area contributed by atoms with Gasteiger partial charge >= 0.3 is 0 Å². The third-order valence-electron chi connectivity index (χ3n) is 5.73. The first-order chi connectivity index (χ1) is 14.3. The van der Waals surface area contributed by atoms with Gasteiger partial charge in [-0.2, -0.15) is 0 Å². The van der Waals surface area contributed by atoms with Crippen LogP contribution in [0.25, 0.3) is 10.7 Å². The predicted molar refractivity (Wildman–Crippen MR) is 122 cm³/mol. The van der Waals surface area contributed by atoms with E-state index in [0.29, 0.717) is 23.7 Å². The molecule has 0 saturated carbocycles. The molecule has 8 heteroatoms. The van der Waals surface area contributed by atoms with Crippen molar-refractivity contribution in [3.05, 3.63) is 40.9 Å². The summed E-state index contributed by atoms with van der Waals surface area (Å²) in [5.41, 5.74) is 1.83. The molecular formula is C22H29N5OS2. The molecule has 0 aliphatic heterocycles. The fraction of sp³-hybridized carbons (Fsp3) is 0.545. The lowest BCUT2D eigenvalue weighted by atomic mass is 9.72. The number of nitrogens with zero attached hydrogens (tertiary/aromatic N) is 5. The van der Waals surface area contributed by atoms with Gasteiger partial charge in [0.15, 0.2) is 11.0 Å². The summed E-state index contributed by atoms with van der Waals surface area (Å²) in [6, 6.07) is 2.33. The Hall–Kier alpha value is -1.93. The van der Waals surface area contributed by atoms with Crippen molar-refractivity contribution in [3.63, 3.8) is 0 Å². The third-order valence-corrected chi connectivity index (χ3v) is 8.03. The molecule has 2 atom stereocenters. The van der Waals surface area contributed by atoms with Crippen LogP contribution < -0.4 is 0 Å². The molecule has 6 nitrogen and oxygen atoms in total. The first kappa shape index (κ1) is 21.3. The molecule has 4 rings (SSSR count). The maximum Gasteiger partial charge on any atom is 0.229 e. The monoisotopic (exact) mass is 443 g/mol. The lowest BCUT2D eigenvalue weighted by Crippen LogP contribution is -2.26. The summed E-state index contributed by atoms with van der Waals surface area (Å²) in [5, 5.41) is 18.0. The molecule has 30 heavy (non-hydrogen) atoms. The Bertz CT molecular complexity index is 1040. The summed E-state index contributed by atoms with van der Waals surface area (Å²) >= 11 is 3.45. The first-order valence-corrected chi connectivity index (χ1v) is 12.1. The number of thioether (sulfide) groups is 1. The Morgan fingerprint density at radius 2 is 2.13 bits per heavy atom. The molecule has 3 aromatic heterocycles. The van der Waals surface area contributed by atoms with Crippen LogP contribution in [-0.2, 0) is 19.4 Å². The zero-order chi connectivity index (χ0) is 21.5. The molecular weight excluding hydrogens is 414 g/mol. The van der Waals surface area contributed by atoms with Crippen LogP contribution in [-0.4, -0.2) is 25.0 Å². The van der Waals surface area contributed by atoms with Crippen molar-refractivity contribution in [1.29, 1.82) is 0 Å². The van der Waals surface area contributed by atoms with Gasteiger partial charge in [0.2, 0.25) is 11.8 Å². The van der Waals surface area contributed by atoms with E-state index in [1.54, 1.807) is 18.7 Å². The lowest BCUT2D eigenvalue weighted by molar-refractivity contribution is 0.217. The second-order valence-corrected chi connectivity index (χ2v) is 11.4. The highest BCUT2D eigenvalue weighted by atomic mass is 32.2. The largest absolute Gasteiger partial charge is 0.424 e. The van der Waals surface area contributed by atoms with Gasteiger partial charge in [0.25, 0.3) is 0 Å². The molecule has 0 bridgehead atoms. The Morgan fingerprint density at radius 3 is 2.80 bits per heavy atom. The average Bonchev–Trinajstić information content (AvgIpc) is 3.39. The summed E-state index contributed by atoms with van der Waals surface area (Å²) in [7, 11) is 0. The number of fused-ring (bicyclic) bond motifs is 1. The van der Waals surface area contributed by atoms with Crippen LogP contribution in [0.5, 0.6) is 0 Å². The van der Waals surface area contributed by atoms with E-state index in [0.717, 1.165) is 29.7 Å². The number of aromatic nitrogens is 5. The normalized spacial score (nSPS) is 17.7. The van der Waals surface area contributed by atoms with Gasteiger partial charge in [-0.3, -0.25) is 4.57 Å². The van der Waals surface area contributed by atoms with Gasteiger partial charge in [-0.1, -0.05) is 38.6 Å². The van der Waals surface area contributed by atoms with Crippen LogP contribution >= 0.6 is 23.1 Å². The van der Waals surface area contributed by atoms with E-state index in [2.05, 4.69) is 58.4 Å². The summed E-state index contributed by atoms with van der Waals surface area (Å²) < 4.78 is 7.72. The minimum atomic E-state index is -0.00380. The quantitative estimate of drug-likeness (QED) is 0.349. The van der Waals surface area contributed by atoms with Crippen LogP contribution in [0, 0.1) is 18.3 Å². The van der Waals surface area contributed by atoms with Gasteiger partial charge in [0.05, 0.1) is 10.1 Å².